The minimum Gasteiger partial charge on any atom is -0.508 e. The molecular formula is C13H20O3. The molecule has 3 nitrogen and oxygen atoms in total. The lowest BCUT2D eigenvalue weighted by atomic mass is 10.2. The van der Waals surface area contributed by atoms with E-state index >= 15 is 0 Å². The van der Waals surface area contributed by atoms with E-state index in [0.717, 1.165) is 0 Å². The van der Waals surface area contributed by atoms with Gasteiger partial charge in [0.1, 0.15) is 11.4 Å². The van der Waals surface area contributed by atoms with Crippen molar-refractivity contribution in [3.05, 3.63) is 18.2 Å². The lowest BCUT2D eigenvalue weighted by Crippen LogP contribution is -2.23. The molecule has 0 heterocycles. The Labute approximate surface area is 97.0 Å². The molecule has 1 aromatic carbocycles. The van der Waals surface area contributed by atoms with Gasteiger partial charge in [-0.25, -0.2) is 0 Å². The Morgan fingerprint density at radius 1 is 1.12 bits per heavy atom. The first kappa shape index (κ1) is 12.7. The van der Waals surface area contributed by atoms with Crippen LogP contribution in [0.2, 0.25) is 0 Å². The second kappa shape index (κ2) is 4.64. The van der Waals surface area contributed by atoms with Crippen molar-refractivity contribution in [1.29, 1.82) is 0 Å². The highest BCUT2D eigenvalue weighted by Crippen LogP contribution is 2.34. The zero-order valence-corrected chi connectivity index (χ0v) is 10.6. The van der Waals surface area contributed by atoms with E-state index in [4.69, 9.17) is 9.47 Å². The van der Waals surface area contributed by atoms with Crippen molar-refractivity contribution in [3.63, 3.8) is 0 Å². The van der Waals surface area contributed by atoms with Crippen molar-refractivity contribution in [1.82, 2.24) is 0 Å². The Kier molecular flexibility index (Phi) is 3.68. The summed E-state index contributed by atoms with van der Waals surface area (Å²) in [5, 5.41) is 9.43. The second-order valence-corrected chi connectivity index (χ2v) is 5.01. The summed E-state index contributed by atoms with van der Waals surface area (Å²) in [6.45, 7) is 9.77. The Balaban J connectivity index is 2.98. The molecule has 0 atom stereocenters. The van der Waals surface area contributed by atoms with Gasteiger partial charge in [-0.1, -0.05) is 0 Å². The third-order valence-electron chi connectivity index (χ3n) is 1.71. The SMILES string of the molecule is CC(C)Oc1ccc(O)cc1OC(C)(C)C. The van der Waals surface area contributed by atoms with Crippen LogP contribution in [0.3, 0.4) is 0 Å². The summed E-state index contributed by atoms with van der Waals surface area (Å²) in [6.07, 6.45) is 0.0758. The quantitative estimate of drug-likeness (QED) is 0.855. The van der Waals surface area contributed by atoms with Crippen LogP contribution in [0.5, 0.6) is 17.2 Å². The summed E-state index contributed by atoms with van der Waals surface area (Å²) in [6, 6.07) is 4.88. The third-order valence-corrected chi connectivity index (χ3v) is 1.71. The van der Waals surface area contributed by atoms with Crippen LogP contribution in [-0.2, 0) is 0 Å². The van der Waals surface area contributed by atoms with Crippen LogP contribution < -0.4 is 9.47 Å². The number of rotatable bonds is 3. The van der Waals surface area contributed by atoms with Crippen LogP contribution in [0.25, 0.3) is 0 Å². The summed E-state index contributed by atoms with van der Waals surface area (Å²) < 4.78 is 11.3. The molecule has 1 aromatic rings. The number of benzene rings is 1. The van der Waals surface area contributed by atoms with Gasteiger partial charge in [-0.2, -0.15) is 0 Å². The molecule has 0 aliphatic carbocycles. The third kappa shape index (κ3) is 4.01. The van der Waals surface area contributed by atoms with E-state index in [1.165, 1.54) is 0 Å². The van der Waals surface area contributed by atoms with Crippen LogP contribution >= 0.6 is 0 Å². The first-order chi connectivity index (χ1) is 7.28. The molecule has 1 N–H and O–H groups in total. The maximum absolute atomic E-state index is 9.43. The summed E-state index contributed by atoms with van der Waals surface area (Å²) in [7, 11) is 0. The monoisotopic (exact) mass is 224 g/mol. The Hall–Kier alpha value is -1.38. The Morgan fingerprint density at radius 3 is 2.25 bits per heavy atom. The van der Waals surface area contributed by atoms with E-state index in [1.54, 1.807) is 18.2 Å². The molecule has 0 saturated carbocycles. The highest BCUT2D eigenvalue weighted by atomic mass is 16.5. The number of ether oxygens (including phenoxy) is 2. The fourth-order valence-corrected chi connectivity index (χ4v) is 1.26. The van der Waals surface area contributed by atoms with Gasteiger partial charge in [0.05, 0.1) is 6.10 Å². The van der Waals surface area contributed by atoms with E-state index in [9.17, 15) is 5.11 Å². The first-order valence-electron chi connectivity index (χ1n) is 5.46. The Bertz CT molecular complexity index is 351. The van der Waals surface area contributed by atoms with Gasteiger partial charge in [0.15, 0.2) is 11.5 Å². The van der Waals surface area contributed by atoms with E-state index in [-0.39, 0.29) is 17.5 Å². The van der Waals surface area contributed by atoms with Crippen molar-refractivity contribution in [2.24, 2.45) is 0 Å². The van der Waals surface area contributed by atoms with Gasteiger partial charge in [-0.15, -0.1) is 0 Å². The second-order valence-electron chi connectivity index (χ2n) is 5.01. The number of hydrogen-bond acceptors (Lipinski definition) is 3. The van der Waals surface area contributed by atoms with Crippen molar-refractivity contribution in [2.75, 3.05) is 0 Å². The molecule has 0 fully saturated rings. The van der Waals surface area contributed by atoms with Gasteiger partial charge in [0, 0.05) is 6.07 Å². The molecule has 0 bridgehead atoms. The highest BCUT2D eigenvalue weighted by molar-refractivity contribution is 5.45. The van der Waals surface area contributed by atoms with Crippen molar-refractivity contribution >= 4 is 0 Å². The predicted molar refractivity (Wildman–Crippen MR) is 64.3 cm³/mol. The zero-order valence-electron chi connectivity index (χ0n) is 10.6. The lowest BCUT2D eigenvalue weighted by molar-refractivity contribution is 0.119. The molecule has 0 unspecified atom stereocenters. The average molecular weight is 224 g/mol. The van der Waals surface area contributed by atoms with E-state index in [2.05, 4.69) is 0 Å². The highest BCUT2D eigenvalue weighted by Gasteiger charge is 2.16. The molecule has 0 saturated heterocycles. The summed E-state index contributed by atoms with van der Waals surface area (Å²) in [4.78, 5) is 0. The minimum absolute atomic E-state index is 0.0758. The molecule has 0 amide bonds. The van der Waals surface area contributed by atoms with Crippen molar-refractivity contribution < 1.29 is 14.6 Å². The van der Waals surface area contributed by atoms with Gasteiger partial charge in [-0.3, -0.25) is 0 Å². The van der Waals surface area contributed by atoms with Crippen LogP contribution in [0.1, 0.15) is 34.6 Å². The normalized spacial score (nSPS) is 11.6. The minimum atomic E-state index is -0.317. The maximum atomic E-state index is 9.43. The van der Waals surface area contributed by atoms with Crippen molar-refractivity contribution in [2.45, 2.75) is 46.3 Å². The molecule has 0 aromatic heterocycles. The molecule has 1 rings (SSSR count). The van der Waals surface area contributed by atoms with Crippen LogP contribution in [-0.4, -0.2) is 16.8 Å². The smallest absolute Gasteiger partial charge is 0.165 e. The number of phenolic OH excluding ortho intramolecular Hbond substituents is 1. The van der Waals surface area contributed by atoms with Crippen LogP contribution in [0, 0.1) is 0 Å². The summed E-state index contributed by atoms with van der Waals surface area (Å²) in [5.41, 5.74) is -0.317. The standard InChI is InChI=1S/C13H20O3/c1-9(2)15-11-7-6-10(14)8-12(11)16-13(3,4)5/h6-9,14H,1-5H3. The molecular weight excluding hydrogens is 204 g/mol. The van der Waals surface area contributed by atoms with Gasteiger partial charge in [-0.05, 0) is 46.8 Å². The number of aromatic hydroxyl groups is 1. The van der Waals surface area contributed by atoms with Gasteiger partial charge < -0.3 is 14.6 Å². The molecule has 0 spiro atoms. The van der Waals surface area contributed by atoms with E-state index < -0.39 is 0 Å². The van der Waals surface area contributed by atoms with Gasteiger partial charge >= 0.3 is 0 Å². The summed E-state index contributed by atoms with van der Waals surface area (Å²) in [5.74, 6) is 1.40. The molecule has 16 heavy (non-hydrogen) atoms. The van der Waals surface area contributed by atoms with Crippen LogP contribution in [0.4, 0.5) is 0 Å². The first-order valence-corrected chi connectivity index (χ1v) is 5.46. The molecule has 0 aliphatic rings. The lowest BCUT2D eigenvalue weighted by Gasteiger charge is -2.24. The molecule has 90 valence electrons. The van der Waals surface area contributed by atoms with E-state index in [0.29, 0.717) is 11.5 Å². The largest absolute Gasteiger partial charge is 0.508 e. The maximum Gasteiger partial charge on any atom is 0.165 e. The number of phenols is 1. The van der Waals surface area contributed by atoms with Crippen LogP contribution in [0.15, 0.2) is 18.2 Å². The van der Waals surface area contributed by atoms with Crippen molar-refractivity contribution in [3.8, 4) is 17.2 Å². The molecule has 0 aliphatic heterocycles. The molecule has 3 heteroatoms. The average Bonchev–Trinajstić information content (AvgIpc) is 2.06. The predicted octanol–water partition coefficient (Wildman–Crippen LogP) is 3.36. The summed E-state index contributed by atoms with van der Waals surface area (Å²) >= 11 is 0. The fraction of sp³-hybridized carbons (Fsp3) is 0.538. The topological polar surface area (TPSA) is 38.7 Å². The molecule has 0 radical (unpaired) electrons. The van der Waals surface area contributed by atoms with Gasteiger partial charge in [0.2, 0.25) is 0 Å². The number of hydrogen-bond donors (Lipinski definition) is 1. The fourth-order valence-electron chi connectivity index (χ4n) is 1.26. The van der Waals surface area contributed by atoms with E-state index in [1.807, 2.05) is 34.6 Å². The Morgan fingerprint density at radius 2 is 1.75 bits per heavy atom. The van der Waals surface area contributed by atoms with Gasteiger partial charge in [0.25, 0.3) is 0 Å². The zero-order chi connectivity index (χ0) is 12.3.